The number of allylic oxidation sites excluding steroid dienone is 4. The van der Waals surface area contributed by atoms with Gasteiger partial charge in [0.25, 0.3) is 0 Å². The van der Waals surface area contributed by atoms with E-state index >= 15 is 0 Å². The molecule has 5 heteroatoms. The number of rotatable bonds is 4. The van der Waals surface area contributed by atoms with E-state index in [1.807, 2.05) is 6.92 Å². The van der Waals surface area contributed by atoms with Gasteiger partial charge in [0, 0.05) is 0 Å². The van der Waals surface area contributed by atoms with Gasteiger partial charge in [0.15, 0.2) is 23.3 Å². The summed E-state index contributed by atoms with van der Waals surface area (Å²) >= 11 is 0. The molecule has 1 aliphatic rings. The summed E-state index contributed by atoms with van der Waals surface area (Å²) in [5.74, 6) is -9.46. The second kappa shape index (κ2) is 5.77. The van der Waals surface area contributed by atoms with Gasteiger partial charge in [-0.1, -0.05) is 31.1 Å². The van der Waals surface area contributed by atoms with Gasteiger partial charge in [-0.25, -0.2) is 22.0 Å². The Labute approximate surface area is 113 Å². The Kier molecular flexibility index (Phi) is 4.26. The van der Waals surface area contributed by atoms with Crippen molar-refractivity contribution >= 4 is 5.57 Å². The molecule has 0 radical (unpaired) electrons. The van der Waals surface area contributed by atoms with Crippen molar-refractivity contribution in [1.29, 1.82) is 0 Å². The van der Waals surface area contributed by atoms with E-state index < -0.39 is 34.6 Å². The fourth-order valence-electron chi connectivity index (χ4n) is 2.28. The second-order valence-corrected chi connectivity index (χ2v) is 4.67. The van der Waals surface area contributed by atoms with Gasteiger partial charge in [0.1, 0.15) is 0 Å². The van der Waals surface area contributed by atoms with Crippen LogP contribution in [-0.2, 0) is 0 Å². The topological polar surface area (TPSA) is 0 Å². The molecule has 0 nitrogen and oxygen atoms in total. The van der Waals surface area contributed by atoms with Crippen LogP contribution in [0.5, 0.6) is 0 Å². The van der Waals surface area contributed by atoms with Crippen LogP contribution in [0.2, 0.25) is 0 Å². The normalized spacial score (nSPS) is 14.5. The van der Waals surface area contributed by atoms with Crippen molar-refractivity contribution in [3.8, 4) is 0 Å². The van der Waals surface area contributed by atoms with E-state index in [9.17, 15) is 22.0 Å². The van der Waals surface area contributed by atoms with E-state index in [0.29, 0.717) is 18.4 Å². The number of benzene rings is 1. The summed E-state index contributed by atoms with van der Waals surface area (Å²) < 4.78 is 67.0. The zero-order valence-corrected chi connectivity index (χ0v) is 10.9. The summed E-state index contributed by atoms with van der Waals surface area (Å²) in [5.41, 5.74) is 0.00237. The van der Waals surface area contributed by atoms with Gasteiger partial charge in [0.05, 0.1) is 5.56 Å². The van der Waals surface area contributed by atoms with Gasteiger partial charge >= 0.3 is 0 Å². The van der Waals surface area contributed by atoms with Gasteiger partial charge in [-0.3, -0.25) is 0 Å². The second-order valence-electron chi connectivity index (χ2n) is 4.67. The molecule has 0 unspecified atom stereocenters. The molecular formula is C15H13F5. The van der Waals surface area contributed by atoms with Crippen molar-refractivity contribution in [3.63, 3.8) is 0 Å². The van der Waals surface area contributed by atoms with Crippen LogP contribution in [0.15, 0.2) is 17.7 Å². The average molecular weight is 288 g/mol. The van der Waals surface area contributed by atoms with Gasteiger partial charge in [-0.15, -0.1) is 0 Å². The fraction of sp³-hybridized carbons (Fsp3) is 0.333. The van der Waals surface area contributed by atoms with E-state index in [2.05, 4.69) is 0 Å². The molecule has 1 aromatic rings. The molecule has 0 bridgehead atoms. The predicted molar refractivity (Wildman–Crippen MR) is 66.4 cm³/mol. The third-order valence-corrected chi connectivity index (χ3v) is 3.34. The molecule has 0 aliphatic heterocycles. The molecule has 0 heterocycles. The minimum absolute atomic E-state index is 0.117. The Morgan fingerprint density at radius 2 is 1.45 bits per heavy atom. The molecular weight excluding hydrogens is 275 g/mol. The molecule has 2 rings (SSSR count). The maximum Gasteiger partial charge on any atom is 0.200 e. The number of unbranched alkanes of at least 4 members (excludes halogenated alkanes) is 1. The largest absolute Gasteiger partial charge is 0.203 e. The predicted octanol–water partition coefficient (Wildman–Crippen LogP) is 5.29. The van der Waals surface area contributed by atoms with Crippen LogP contribution in [-0.4, -0.2) is 0 Å². The first-order chi connectivity index (χ1) is 9.49. The first-order valence-electron chi connectivity index (χ1n) is 6.39. The highest BCUT2D eigenvalue weighted by atomic mass is 19.2. The van der Waals surface area contributed by atoms with Crippen LogP contribution in [0.4, 0.5) is 22.0 Å². The lowest BCUT2D eigenvalue weighted by molar-refractivity contribution is 0.376. The quantitative estimate of drug-likeness (QED) is 0.401. The third-order valence-electron chi connectivity index (χ3n) is 3.34. The lowest BCUT2D eigenvalue weighted by Gasteiger charge is -2.11. The van der Waals surface area contributed by atoms with E-state index in [1.54, 1.807) is 6.08 Å². The Morgan fingerprint density at radius 1 is 0.900 bits per heavy atom. The van der Waals surface area contributed by atoms with Gasteiger partial charge < -0.3 is 0 Å². The number of hydrogen-bond donors (Lipinski definition) is 0. The van der Waals surface area contributed by atoms with Gasteiger partial charge in [0.2, 0.25) is 5.82 Å². The summed E-state index contributed by atoms with van der Waals surface area (Å²) in [4.78, 5) is 0. The monoisotopic (exact) mass is 288 g/mol. The molecule has 0 aromatic heterocycles. The first-order valence-corrected chi connectivity index (χ1v) is 6.39. The molecule has 1 aromatic carbocycles. The molecule has 1 aliphatic carbocycles. The van der Waals surface area contributed by atoms with Crippen molar-refractivity contribution in [2.45, 2.75) is 32.6 Å². The van der Waals surface area contributed by atoms with Crippen molar-refractivity contribution in [2.24, 2.45) is 0 Å². The van der Waals surface area contributed by atoms with Crippen LogP contribution in [0.25, 0.3) is 5.57 Å². The fourth-order valence-corrected chi connectivity index (χ4v) is 2.28. The Hall–Kier alpha value is -1.65. The maximum absolute atomic E-state index is 13.8. The standard InChI is InChI=1S/C15H13F5/c1-2-3-5-8-6-4-7-9(8)10-11(16)13(18)15(20)14(19)12(10)17/h4,7H,2-3,5-6H2,1H3. The average Bonchev–Trinajstić information content (AvgIpc) is 2.89. The zero-order chi connectivity index (χ0) is 14.9. The highest BCUT2D eigenvalue weighted by Gasteiger charge is 2.28. The SMILES string of the molecule is CCCCC1=C(c2c(F)c(F)c(F)c(F)c2F)C=CC1. The molecule has 0 fully saturated rings. The zero-order valence-electron chi connectivity index (χ0n) is 10.9. The lowest BCUT2D eigenvalue weighted by Crippen LogP contribution is -2.06. The minimum atomic E-state index is -2.12. The lowest BCUT2D eigenvalue weighted by atomic mass is 9.97. The van der Waals surface area contributed by atoms with Crippen LogP contribution in [0.1, 0.15) is 38.2 Å². The summed E-state index contributed by atoms with van der Waals surface area (Å²) in [6.45, 7) is 1.96. The van der Waals surface area contributed by atoms with Crippen LogP contribution >= 0.6 is 0 Å². The van der Waals surface area contributed by atoms with Gasteiger partial charge in [-0.05, 0) is 24.8 Å². The molecule has 20 heavy (non-hydrogen) atoms. The van der Waals surface area contributed by atoms with Crippen molar-refractivity contribution in [1.82, 2.24) is 0 Å². The highest BCUT2D eigenvalue weighted by Crippen LogP contribution is 2.36. The van der Waals surface area contributed by atoms with Gasteiger partial charge in [-0.2, -0.15) is 0 Å². The van der Waals surface area contributed by atoms with Crippen LogP contribution in [0, 0.1) is 29.1 Å². The maximum atomic E-state index is 13.8. The summed E-state index contributed by atoms with van der Waals surface area (Å²) in [6, 6.07) is 0. The van der Waals surface area contributed by atoms with E-state index in [1.165, 1.54) is 6.08 Å². The molecule has 0 saturated carbocycles. The summed E-state index contributed by atoms with van der Waals surface area (Å²) in [7, 11) is 0. The number of hydrogen-bond acceptors (Lipinski definition) is 0. The Morgan fingerprint density at radius 3 is 2.00 bits per heavy atom. The summed E-state index contributed by atoms with van der Waals surface area (Å²) in [5, 5.41) is 0. The van der Waals surface area contributed by atoms with E-state index in [0.717, 1.165) is 12.8 Å². The molecule has 0 amide bonds. The molecule has 0 saturated heterocycles. The summed E-state index contributed by atoms with van der Waals surface area (Å²) in [6.07, 6.45) is 5.83. The van der Waals surface area contributed by atoms with Crippen molar-refractivity contribution in [3.05, 3.63) is 52.4 Å². The first kappa shape index (κ1) is 14.8. The van der Waals surface area contributed by atoms with E-state index in [-0.39, 0.29) is 5.57 Å². The molecule has 0 atom stereocenters. The minimum Gasteiger partial charge on any atom is -0.203 e. The van der Waals surface area contributed by atoms with Crippen LogP contribution < -0.4 is 0 Å². The van der Waals surface area contributed by atoms with Crippen molar-refractivity contribution in [2.75, 3.05) is 0 Å². The van der Waals surface area contributed by atoms with E-state index in [4.69, 9.17) is 0 Å². The molecule has 0 spiro atoms. The molecule has 0 N–H and O–H groups in total. The third kappa shape index (κ3) is 2.37. The smallest absolute Gasteiger partial charge is 0.200 e. The van der Waals surface area contributed by atoms with Crippen molar-refractivity contribution < 1.29 is 22.0 Å². The Bertz CT molecular complexity index is 570. The molecule has 108 valence electrons. The number of halogens is 5. The van der Waals surface area contributed by atoms with Crippen LogP contribution in [0.3, 0.4) is 0 Å². The Balaban J connectivity index is 2.60. The highest BCUT2D eigenvalue weighted by molar-refractivity contribution is 5.80.